The number of amides is 2. The van der Waals surface area contributed by atoms with Gasteiger partial charge in [-0.1, -0.05) is 18.2 Å². The second-order valence-electron chi connectivity index (χ2n) is 7.09. The summed E-state index contributed by atoms with van der Waals surface area (Å²) in [6.07, 6.45) is 3.06. The number of aryl methyl sites for hydroxylation is 1. The van der Waals surface area contributed by atoms with Crippen LogP contribution in [0.2, 0.25) is 0 Å². The fourth-order valence-electron chi connectivity index (χ4n) is 3.69. The summed E-state index contributed by atoms with van der Waals surface area (Å²) in [5.74, 6) is -0.925. The first kappa shape index (κ1) is 18.2. The van der Waals surface area contributed by atoms with Crippen LogP contribution in [0.1, 0.15) is 12.8 Å². The summed E-state index contributed by atoms with van der Waals surface area (Å²) in [5.41, 5.74) is 1.81. The van der Waals surface area contributed by atoms with Crippen molar-refractivity contribution in [3.05, 3.63) is 66.6 Å². The van der Waals surface area contributed by atoms with Crippen LogP contribution in [0.3, 0.4) is 0 Å². The molecule has 144 valence electrons. The van der Waals surface area contributed by atoms with Gasteiger partial charge in [0.1, 0.15) is 5.82 Å². The molecule has 28 heavy (non-hydrogen) atoms. The Morgan fingerprint density at radius 3 is 2.71 bits per heavy atom. The zero-order valence-corrected chi connectivity index (χ0v) is 15.5. The monoisotopic (exact) mass is 379 g/mol. The van der Waals surface area contributed by atoms with Crippen molar-refractivity contribution in [3.63, 3.8) is 0 Å². The number of halogens is 1. The second-order valence-corrected chi connectivity index (χ2v) is 7.09. The Bertz CT molecular complexity index is 996. The number of hydrogen-bond donors (Lipinski definition) is 1. The second kappa shape index (κ2) is 7.84. The Balaban J connectivity index is 1.27. The third kappa shape index (κ3) is 3.76. The maximum Gasteiger partial charge on any atom is 0.227 e. The minimum atomic E-state index is -0.370. The molecule has 4 rings (SSSR count). The normalized spacial score (nSPS) is 16.7. The lowest BCUT2D eigenvalue weighted by Gasteiger charge is -2.16. The number of carbonyl (C=O) groups excluding carboxylic acids is 2. The standard InChI is InChI=1S/C22H22FN3O2/c23-18-6-8-19(9-7-18)26-15-17(14-21(26)27)22(28)24-11-3-12-25-13-10-16-4-1-2-5-20(16)25/h1-2,4-10,13,17H,3,11-12,14-15H2,(H,24,28). The SMILES string of the molecule is O=C(NCCCn1ccc2ccccc21)C1CC(=O)N(c2ccc(F)cc2)C1. The molecular weight excluding hydrogens is 357 g/mol. The van der Waals surface area contributed by atoms with Crippen LogP contribution in [0.5, 0.6) is 0 Å². The Hall–Kier alpha value is -3.15. The number of hydrogen-bond acceptors (Lipinski definition) is 2. The van der Waals surface area contributed by atoms with Crippen LogP contribution < -0.4 is 10.2 Å². The van der Waals surface area contributed by atoms with E-state index < -0.39 is 0 Å². The topological polar surface area (TPSA) is 54.3 Å². The van der Waals surface area contributed by atoms with Crippen LogP contribution in [0.15, 0.2) is 60.8 Å². The van der Waals surface area contributed by atoms with Crippen LogP contribution in [0.25, 0.3) is 10.9 Å². The molecule has 1 aliphatic rings. The van der Waals surface area contributed by atoms with Crippen molar-refractivity contribution in [2.24, 2.45) is 5.92 Å². The summed E-state index contributed by atoms with van der Waals surface area (Å²) >= 11 is 0. The van der Waals surface area contributed by atoms with E-state index in [-0.39, 0.29) is 30.0 Å². The highest BCUT2D eigenvalue weighted by atomic mass is 19.1. The average molecular weight is 379 g/mol. The highest BCUT2D eigenvalue weighted by Gasteiger charge is 2.34. The van der Waals surface area contributed by atoms with Crippen molar-refractivity contribution >= 4 is 28.4 Å². The first-order valence-electron chi connectivity index (χ1n) is 9.49. The molecule has 0 bridgehead atoms. The minimum Gasteiger partial charge on any atom is -0.356 e. The summed E-state index contributed by atoms with van der Waals surface area (Å²) < 4.78 is 15.2. The van der Waals surface area contributed by atoms with Crippen LogP contribution in [-0.4, -0.2) is 29.5 Å². The van der Waals surface area contributed by atoms with E-state index in [2.05, 4.69) is 34.3 Å². The molecule has 5 nitrogen and oxygen atoms in total. The smallest absolute Gasteiger partial charge is 0.227 e. The zero-order chi connectivity index (χ0) is 19.5. The summed E-state index contributed by atoms with van der Waals surface area (Å²) in [4.78, 5) is 26.2. The third-order valence-corrected chi connectivity index (χ3v) is 5.19. The molecule has 1 aromatic heterocycles. The van der Waals surface area contributed by atoms with Gasteiger partial charge in [-0.15, -0.1) is 0 Å². The first-order chi connectivity index (χ1) is 13.6. The Morgan fingerprint density at radius 2 is 1.89 bits per heavy atom. The number of nitrogens with zero attached hydrogens (tertiary/aromatic N) is 2. The highest BCUT2D eigenvalue weighted by Crippen LogP contribution is 2.25. The maximum absolute atomic E-state index is 13.1. The lowest BCUT2D eigenvalue weighted by molar-refractivity contribution is -0.126. The van der Waals surface area contributed by atoms with E-state index in [0.717, 1.165) is 13.0 Å². The van der Waals surface area contributed by atoms with Crippen molar-refractivity contribution in [1.29, 1.82) is 0 Å². The molecule has 2 aromatic carbocycles. The van der Waals surface area contributed by atoms with Gasteiger partial charge in [0.05, 0.1) is 5.92 Å². The predicted octanol–water partition coefficient (Wildman–Crippen LogP) is 3.34. The van der Waals surface area contributed by atoms with E-state index >= 15 is 0 Å². The maximum atomic E-state index is 13.1. The molecule has 1 atom stereocenters. The highest BCUT2D eigenvalue weighted by molar-refractivity contribution is 6.00. The van der Waals surface area contributed by atoms with E-state index in [9.17, 15) is 14.0 Å². The number of anilines is 1. The summed E-state index contributed by atoms with van der Waals surface area (Å²) in [7, 11) is 0. The summed E-state index contributed by atoms with van der Waals surface area (Å²) in [6.45, 7) is 1.71. The fraction of sp³-hybridized carbons (Fsp3) is 0.273. The Kier molecular flexibility index (Phi) is 5.10. The van der Waals surface area contributed by atoms with E-state index in [0.29, 0.717) is 18.8 Å². The number of para-hydroxylation sites is 1. The van der Waals surface area contributed by atoms with E-state index in [4.69, 9.17) is 0 Å². The van der Waals surface area contributed by atoms with Gasteiger partial charge in [-0.2, -0.15) is 0 Å². The van der Waals surface area contributed by atoms with Crippen LogP contribution >= 0.6 is 0 Å². The summed E-state index contributed by atoms with van der Waals surface area (Å²) in [5, 5.41) is 4.15. The molecule has 6 heteroatoms. The Labute approximate surface area is 162 Å². The van der Waals surface area contributed by atoms with Gasteiger partial charge in [0, 0.05) is 43.5 Å². The van der Waals surface area contributed by atoms with E-state index in [1.54, 1.807) is 17.0 Å². The lowest BCUT2D eigenvalue weighted by atomic mass is 10.1. The van der Waals surface area contributed by atoms with Gasteiger partial charge >= 0.3 is 0 Å². The molecule has 0 spiro atoms. The van der Waals surface area contributed by atoms with Gasteiger partial charge in [0.2, 0.25) is 11.8 Å². The van der Waals surface area contributed by atoms with Crippen LogP contribution in [0.4, 0.5) is 10.1 Å². The third-order valence-electron chi connectivity index (χ3n) is 5.19. The molecule has 0 saturated carbocycles. The van der Waals surface area contributed by atoms with Crippen molar-refractivity contribution in [3.8, 4) is 0 Å². The molecular formula is C22H22FN3O2. The predicted molar refractivity (Wildman–Crippen MR) is 106 cm³/mol. The van der Waals surface area contributed by atoms with Crippen LogP contribution in [0, 0.1) is 11.7 Å². The number of carbonyl (C=O) groups is 2. The fourth-order valence-corrected chi connectivity index (χ4v) is 3.69. The molecule has 1 saturated heterocycles. The average Bonchev–Trinajstić information content (AvgIpc) is 3.29. The molecule has 0 radical (unpaired) electrons. The minimum absolute atomic E-state index is 0.102. The first-order valence-corrected chi connectivity index (χ1v) is 9.49. The summed E-state index contributed by atoms with van der Waals surface area (Å²) in [6, 6.07) is 16.1. The molecule has 0 aliphatic carbocycles. The van der Waals surface area contributed by atoms with Gasteiger partial charge < -0.3 is 14.8 Å². The number of aromatic nitrogens is 1. The van der Waals surface area contributed by atoms with Gasteiger partial charge in [-0.05, 0) is 48.2 Å². The number of rotatable bonds is 6. The van der Waals surface area contributed by atoms with Gasteiger partial charge in [-0.3, -0.25) is 9.59 Å². The number of nitrogens with one attached hydrogen (secondary N) is 1. The lowest BCUT2D eigenvalue weighted by Crippen LogP contribution is -2.33. The van der Waals surface area contributed by atoms with Crippen molar-refractivity contribution in [2.45, 2.75) is 19.4 Å². The molecule has 2 heterocycles. The van der Waals surface area contributed by atoms with E-state index in [1.165, 1.54) is 23.0 Å². The van der Waals surface area contributed by atoms with Crippen molar-refractivity contribution in [2.75, 3.05) is 18.0 Å². The Morgan fingerprint density at radius 1 is 1.11 bits per heavy atom. The largest absolute Gasteiger partial charge is 0.356 e. The van der Waals surface area contributed by atoms with E-state index in [1.807, 2.05) is 12.1 Å². The molecule has 2 amide bonds. The quantitative estimate of drug-likeness (QED) is 0.668. The van der Waals surface area contributed by atoms with Gasteiger partial charge in [-0.25, -0.2) is 4.39 Å². The van der Waals surface area contributed by atoms with Crippen molar-refractivity contribution in [1.82, 2.24) is 9.88 Å². The van der Waals surface area contributed by atoms with Gasteiger partial charge in [0.25, 0.3) is 0 Å². The molecule has 1 N–H and O–H groups in total. The molecule has 1 fully saturated rings. The molecule has 1 unspecified atom stereocenters. The number of fused-ring (bicyclic) bond motifs is 1. The number of benzene rings is 2. The zero-order valence-electron chi connectivity index (χ0n) is 15.5. The van der Waals surface area contributed by atoms with Crippen molar-refractivity contribution < 1.29 is 14.0 Å². The molecule has 1 aliphatic heterocycles. The van der Waals surface area contributed by atoms with Crippen LogP contribution in [-0.2, 0) is 16.1 Å². The van der Waals surface area contributed by atoms with Gasteiger partial charge in [0.15, 0.2) is 0 Å². The molecule has 3 aromatic rings.